The van der Waals surface area contributed by atoms with E-state index < -0.39 is 0 Å². The zero-order chi connectivity index (χ0) is 23.8. The SMILES string of the molecule is CCOc1cccc(CNC(=O)c2ccc(N3CCCC3)c(NC(=O)NCc3ccco3)c2)c1. The minimum Gasteiger partial charge on any atom is -0.494 e. The van der Waals surface area contributed by atoms with E-state index in [9.17, 15) is 9.59 Å². The monoisotopic (exact) mass is 462 g/mol. The van der Waals surface area contributed by atoms with Crippen LogP contribution in [-0.4, -0.2) is 31.6 Å². The third-order valence-electron chi connectivity index (χ3n) is 5.62. The fourth-order valence-electron chi connectivity index (χ4n) is 3.95. The molecule has 1 fully saturated rings. The molecule has 0 spiro atoms. The summed E-state index contributed by atoms with van der Waals surface area (Å²) in [6.07, 6.45) is 3.77. The topological polar surface area (TPSA) is 95.8 Å². The molecule has 2 aromatic carbocycles. The number of hydrogen-bond acceptors (Lipinski definition) is 5. The number of urea groups is 1. The first-order valence-electron chi connectivity index (χ1n) is 11.6. The van der Waals surface area contributed by atoms with Gasteiger partial charge in [-0.15, -0.1) is 0 Å². The van der Waals surface area contributed by atoms with Crippen LogP contribution in [0.1, 0.15) is 41.4 Å². The summed E-state index contributed by atoms with van der Waals surface area (Å²) in [4.78, 5) is 27.7. The van der Waals surface area contributed by atoms with E-state index in [2.05, 4.69) is 20.9 Å². The molecule has 1 aliphatic rings. The minimum atomic E-state index is -0.359. The molecule has 1 aromatic heterocycles. The van der Waals surface area contributed by atoms with E-state index in [1.807, 2.05) is 37.3 Å². The Hall–Kier alpha value is -3.94. The van der Waals surface area contributed by atoms with Gasteiger partial charge in [-0.2, -0.15) is 0 Å². The number of furan rings is 1. The zero-order valence-corrected chi connectivity index (χ0v) is 19.3. The number of rotatable bonds is 9. The lowest BCUT2D eigenvalue weighted by Gasteiger charge is -2.22. The first-order valence-corrected chi connectivity index (χ1v) is 11.6. The molecule has 3 aromatic rings. The van der Waals surface area contributed by atoms with Gasteiger partial charge >= 0.3 is 6.03 Å². The summed E-state index contributed by atoms with van der Waals surface area (Å²) in [5.41, 5.74) is 2.94. The molecule has 4 rings (SSSR count). The van der Waals surface area contributed by atoms with Crippen LogP contribution in [0.2, 0.25) is 0 Å². The second-order valence-corrected chi connectivity index (χ2v) is 8.08. The van der Waals surface area contributed by atoms with Crippen molar-refractivity contribution >= 4 is 23.3 Å². The Balaban J connectivity index is 1.45. The minimum absolute atomic E-state index is 0.214. The van der Waals surface area contributed by atoms with E-state index in [1.165, 1.54) is 0 Å². The lowest BCUT2D eigenvalue weighted by atomic mass is 10.1. The van der Waals surface area contributed by atoms with E-state index >= 15 is 0 Å². The largest absolute Gasteiger partial charge is 0.494 e. The van der Waals surface area contributed by atoms with Gasteiger partial charge < -0.3 is 30.0 Å². The van der Waals surface area contributed by atoms with Crippen LogP contribution in [0.3, 0.4) is 0 Å². The van der Waals surface area contributed by atoms with E-state index in [1.54, 1.807) is 30.5 Å². The van der Waals surface area contributed by atoms with Gasteiger partial charge in [0.15, 0.2) is 0 Å². The van der Waals surface area contributed by atoms with E-state index in [-0.39, 0.29) is 18.5 Å². The number of anilines is 2. The first-order chi connectivity index (χ1) is 16.6. The Kier molecular flexibility index (Phi) is 7.70. The van der Waals surface area contributed by atoms with Crippen LogP contribution >= 0.6 is 0 Å². The van der Waals surface area contributed by atoms with Gasteiger partial charge in [-0.3, -0.25) is 4.79 Å². The molecule has 8 nitrogen and oxygen atoms in total. The fourth-order valence-corrected chi connectivity index (χ4v) is 3.95. The van der Waals surface area contributed by atoms with Crippen molar-refractivity contribution in [2.24, 2.45) is 0 Å². The van der Waals surface area contributed by atoms with Gasteiger partial charge in [0.25, 0.3) is 5.91 Å². The molecule has 3 amide bonds. The van der Waals surface area contributed by atoms with Crippen molar-refractivity contribution in [1.29, 1.82) is 0 Å². The number of amides is 3. The maximum absolute atomic E-state index is 12.9. The van der Waals surface area contributed by atoms with Gasteiger partial charge in [-0.1, -0.05) is 12.1 Å². The van der Waals surface area contributed by atoms with Gasteiger partial charge in [0, 0.05) is 25.2 Å². The predicted molar refractivity (Wildman–Crippen MR) is 131 cm³/mol. The second-order valence-electron chi connectivity index (χ2n) is 8.08. The predicted octanol–water partition coefficient (Wildman–Crippen LogP) is 4.53. The third-order valence-corrected chi connectivity index (χ3v) is 5.62. The maximum Gasteiger partial charge on any atom is 0.319 e. The molecule has 1 saturated heterocycles. The van der Waals surface area contributed by atoms with Gasteiger partial charge in [-0.05, 0) is 67.8 Å². The highest BCUT2D eigenvalue weighted by Gasteiger charge is 2.19. The van der Waals surface area contributed by atoms with Crippen LogP contribution in [0.5, 0.6) is 5.75 Å². The van der Waals surface area contributed by atoms with Crippen LogP contribution in [0.25, 0.3) is 0 Å². The number of nitrogens with zero attached hydrogens (tertiary/aromatic N) is 1. The van der Waals surface area contributed by atoms with E-state index in [0.717, 1.165) is 42.9 Å². The average molecular weight is 463 g/mol. The number of carbonyl (C=O) groups excluding carboxylic acids is 2. The summed E-state index contributed by atoms with van der Waals surface area (Å²) in [5.74, 6) is 1.22. The number of hydrogen-bond donors (Lipinski definition) is 3. The summed E-state index contributed by atoms with van der Waals surface area (Å²) in [5, 5.41) is 8.65. The molecule has 178 valence electrons. The molecule has 0 unspecified atom stereocenters. The Labute approximate surface area is 199 Å². The summed E-state index contributed by atoms with van der Waals surface area (Å²) in [6, 6.07) is 16.3. The lowest BCUT2D eigenvalue weighted by molar-refractivity contribution is 0.0951. The van der Waals surface area contributed by atoms with Crippen LogP contribution in [0.15, 0.2) is 65.3 Å². The third kappa shape index (κ3) is 6.10. The van der Waals surface area contributed by atoms with Crippen molar-refractivity contribution in [1.82, 2.24) is 10.6 Å². The number of ether oxygens (including phenoxy) is 1. The van der Waals surface area contributed by atoms with Crippen LogP contribution in [-0.2, 0) is 13.1 Å². The standard InChI is InChI=1S/C26H30N4O4/c1-2-33-21-8-5-7-19(15-21)17-27-25(31)20-10-11-24(30-12-3-4-13-30)23(16-20)29-26(32)28-18-22-9-6-14-34-22/h5-11,14-16H,2-4,12-13,17-18H2,1H3,(H,27,31)(H2,28,29,32). The molecule has 3 N–H and O–H groups in total. The van der Waals surface area contributed by atoms with Crippen LogP contribution in [0.4, 0.5) is 16.2 Å². The van der Waals surface area contributed by atoms with Crippen molar-refractivity contribution in [2.75, 3.05) is 29.9 Å². The molecule has 2 heterocycles. The summed E-state index contributed by atoms with van der Waals surface area (Å²) in [7, 11) is 0. The van der Waals surface area contributed by atoms with Crippen molar-refractivity contribution < 1.29 is 18.7 Å². The summed E-state index contributed by atoms with van der Waals surface area (Å²) < 4.78 is 10.8. The lowest BCUT2D eigenvalue weighted by Crippen LogP contribution is -2.30. The van der Waals surface area contributed by atoms with Crippen molar-refractivity contribution in [3.05, 3.63) is 77.7 Å². The molecular formula is C26H30N4O4. The molecule has 34 heavy (non-hydrogen) atoms. The van der Waals surface area contributed by atoms with Gasteiger partial charge in [0.1, 0.15) is 11.5 Å². The fraction of sp³-hybridized carbons (Fsp3) is 0.308. The van der Waals surface area contributed by atoms with E-state index in [4.69, 9.17) is 9.15 Å². The second kappa shape index (κ2) is 11.3. The quantitative estimate of drug-likeness (QED) is 0.434. The number of carbonyl (C=O) groups is 2. The van der Waals surface area contributed by atoms with Crippen LogP contribution in [0, 0.1) is 0 Å². The maximum atomic E-state index is 12.9. The van der Waals surface area contributed by atoms with Crippen molar-refractivity contribution in [3.63, 3.8) is 0 Å². The summed E-state index contributed by atoms with van der Waals surface area (Å²) >= 11 is 0. The highest BCUT2D eigenvalue weighted by molar-refractivity contribution is 5.99. The van der Waals surface area contributed by atoms with Crippen molar-refractivity contribution in [3.8, 4) is 5.75 Å². The van der Waals surface area contributed by atoms with Gasteiger partial charge in [-0.25, -0.2) is 4.79 Å². The normalized spacial score (nSPS) is 12.9. The molecule has 0 bridgehead atoms. The van der Waals surface area contributed by atoms with Gasteiger partial charge in [0.2, 0.25) is 0 Å². The summed E-state index contributed by atoms with van der Waals surface area (Å²) in [6.45, 7) is 5.01. The molecule has 0 aliphatic carbocycles. The molecule has 0 atom stereocenters. The Morgan fingerprint density at radius 2 is 1.85 bits per heavy atom. The Morgan fingerprint density at radius 1 is 1.00 bits per heavy atom. The average Bonchev–Trinajstić information content (AvgIpc) is 3.56. The van der Waals surface area contributed by atoms with Crippen LogP contribution < -0.4 is 25.6 Å². The zero-order valence-electron chi connectivity index (χ0n) is 19.3. The molecule has 8 heteroatoms. The number of benzene rings is 2. The van der Waals surface area contributed by atoms with E-state index in [0.29, 0.717) is 30.2 Å². The Bertz CT molecular complexity index is 1110. The molecule has 0 radical (unpaired) electrons. The number of nitrogens with one attached hydrogen (secondary N) is 3. The molecule has 1 aliphatic heterocycles. The smallest absolute Gasteiger partial charge is 0.319 e. The highest BCUT2D eigenvalue weighted by atomic mass is 16.5. The highest BCUT2D eigenvalue weighted by Crippen LogP contribution is 2.30. The molecular weight excluding hydrogens is 432 g/mol. The Morgan fingerprint density at radius 3 is 2.62 bits per heavy atom. The van der Waals surface area contributed by atoms with Crippen molar-refractivity contribution in [2.45, 2.75) is 32.9 Å². The van der Waals surface area contributed by atoms with Gasteiger partial charge in [0.05, 0.1) is 30.8 Å². The molecule has 0 saturated carbocycles. The first kappa shape index (κ1) is 23.2.